The van der Waals surface area contributed by atoms with Crippen LogP contribution in [0.4, 0.5) is 0 Å². The predicted molar refractivity (Wildman–Crippen MR) is 47.1 cm³/mol. The minimum atomic E-state index is -0.0712. The Morgan fingerprint density at radius 3 is 2.83 bits per heavy atom. The second kappa shape index (κ2) is 3.67. The highest BCUT2D eigenvalue weighted by Crippen LogP contribution is 2.03. The number of hydrogen-bond acceptors (Lipinski definition) is 3. The van der Waals surface area contributed by atoms with E-state index in [-0.39, 0.29) is 5.78 Å². The number of nitrogens with two attached hydrogens (primary N) is 1. The number of rotatable bonds is 2. The first-order valence-electron chi connectivity index (χ1n) is 3.59. The van der Waals surface area contributed by atoms with Crippen molar-refractivity contribution in [2.24, 2.45) is 5.73 Å². The maximum absolute atomic E-state index is 10.6. The summed E-state index contributed by atoms with van der Waals surface area (Å²) in [5.41, 5.74) is 6.61. The zero-order chi connectivity index (χ0) is 8.97. The van der Waals surface area contributed by atoms with Crippen LogP contribution in [0.1, 0.15) is 12.6 Å². The lowest BCUT2D eigenvalue weighted by atomic mass is 10.2. The smallest absolute Gasteiger partial charge is 0.154 e. The van der Waals surface area contributed by atoms with Crippen LogP contribution in [0.2, 0.25) is 0 Å². The molecular weight excluding hydrogens is 152 g/mol. The average molecular weight is 162 g/mol. The normalized spacial score (nSPS) is 11.2. The monoisotopic (exact) mass is 162 g/mol. The van der Waals surface area contributed by atoms with Crippen LogP contribution in [0.15, 0.2) is 30.5 Å². The molecule has 0 aromatic carbocycles. The Kier molecular flexibility index (Phi) is 2.58. The molecule has 0 saturated heterocycles. The van der Waals surface area contributed by atoms with Gasteiger partial charge in [0.25, 0.3) is 0 Å². The van der Waals surface area contributed by atoms with Gasteiger partial charge in [-0.3, -0.25) is 9.78 Å². The molecule has 0 radical (unpaired) electrons. The molecule has 0 aliphatic heterocycles. The summed E-state index contributed by atoms with van der Waals surface area (Å²) in [6.07, 6.45) is 3.00. The SMILES string of the molecule is CC(=O)C=C(N)c1ccccn1. The van der Waals surface area contributed by atoms with E-state index in [0.29, 0.717) is 11.4 Å². The molecule has 0 aliphatic rings. The predicted octanol–water partition coefficient (Wildman–Crippen LogP) is 0.970. The molecule has 12 heavy (non-hydrogen) atoms. The van der Waals surface area contributed by atoms with Crippen molar-refractivity contribution in [2.45, 2.75) is 6.92 Å². The van der Waals surface area contributed by atoms with Crippen molar-refractivity contribution in [1.82, 2.24) is 4.98 Å². The molecule has 0 saturated carbocycles. The van der Waals surface area contributed by atoms with E-state index in [2.05, 4.69) is 4.98 Å². The topological polar surface area (TPSA) is 56.0 Å². The van der Waals surface area contributed by atoms with E-state index in [4.69, 9.17) is 5.73 Å². The minimum absolute atomic E-state index is 0.0712. The van der Waals surface area contributed by atoms with Crippen LogP contribution in [0, 0.1) is 0 Å². The first kappa shape index (κ1) is 8.46. The van der Waals surface area contributed by atoms with Crippen LogP contribution < -0.4 is 5.73 Å². The van der Waals surface area contributed by atoms with Crippen molar-refractivity contribution < 1.29 is 4.79 Å². The maximum Gasteiger partial charge on any atom is 0.154 e. The fourth-order valence-corrected chi connectivity index (χ4v) is 0.826. The van der Waals surface area contributed by atoms with Gasteiger partial charge in [-0.25, -0.2) is 0 Å². The number of ketones is 1. The van der Waals surface area contributed by atoms with Gasteiger partial charge in [-0.05, 0) is 19.1 Å². The number of carbonyl (C=O) groups excluding carboxylic acids is 1. The highest BCUT2D eigenvalue weighted by molar-refractivity contribution is 5.93. The van der Waals surface area contributed by atoms with Crippen molar-refractivity contribution >= 4 is 11.5 Å². The maximum atomic E-state index is 10.6. The molecule has 0 fully saturated rings. The zero-order valence-corrected chi connectivity index (χ0v) is 6.82. The highest BCUT2D eigenvalue weighted by Gasteiger charge is 1.96. The fourth-order valence-electron chi connectivity index (χ4n) is 0.826. The Morgan fingerprint density at radius 1 is 1.58 bits per heavy atom. The molecule has 0 spiro atoms. The average Bonchev–Trinajstić information content (AvgIpc) is 2.05. The van der Waals surface area contributed by atoms with Crippen molar-refractivity contribution in [3.05, 3.63) is 36.2 Å². The lowest BCUT2D eigenvalue weighted by Gasteiger charge is -1.97. The van der Waals surface area contributed by atoms with Crippen molar-refractivity contribution in [3.8, 4) is 0 Å². The van der Waals surface area contributed by atoms with E-state index in [1.165, 1.54) is 13.0 Å². The Bertz CT molecular complexity index is 304. The number of aromatic nitrogens is 1. The molecule has 0 bridgehead atoms. The summed E-state index contributed by atoms with van der Waals surface area (Å²) in [7, 11) is 0. The van der Waals surface area contributed by atoms with E-state index in [1.807, 2.05) is 6.07 Å². The molecule has 3 heteroatoms. The third-order valence-electron chi connectivity index (χ3n) is 1.32. The molecule has 1 rings (SSSR count). The van der Waals surface area contributed by atoms with Gasteiger partial charge in [0.15, 0.2) is 5.78 Å². The summed E-state index contributed by atoms with van der Waals surface area (Å²) in [6.45, 7) is 1.45. The first-order chi connectivity index (χ1) is 5.70. The van der Waals surface area contributed by atoms with Gasteiger partial charge >= 0.3 is 0 Å². The lowest BCUT2D eigenvalue weighted by Crippen LogP contribution is -2.00. The van der Waals surface area contributed by atoms with Gasteiger partial charge in [-0.1, -0.05) is 6.07 Å². The van der Waals surface area contributed by atoms with Crippen LogP contribution >= 0.6 is 0 Å². The van der Waals surface area contributed by atoms with Crippen LogP contribution in [0.3, 0.4) is 0 Å². The Balaban J connectivity index is 2.93. The van der Waals surface area contributed by atoms with Crippen LogP contribution in [-0.4, -0.2) is 10.8 Å². The van der Waals surface area contributed by atoms with Crippen molar-refractivity contribution in [2.75, 3.05) is 0 Å². The summed E-state index contributed by atoms with van der Waals surface area (Å²) in [6, 6.07) is 5.38. The van der Waals surface area contributed by atoms with E-state index in [9.17, 15) is 4.79 Å². The van der Waals surface area contributed by atoms with Gasteiger partial charge in [-0.2, -0.15) is 0 Å². The van der Waals surface area contributed by atoms with E-state index >= 15 is 0 Å². The van der Waals surface area contributed by atoms with Crippen LogP contribution in [0.25, 0.3) is 5.70 Å². The fraction of sp³-hybridized carbons (Fsp3) is 0.111. The third-order valence-corrected chi connectivity index (χ3v) is 1.32. The second-order valence-corrected chi connectivity index (χ2v) is 2.43. The zero-order valence-electron chi connectivity index (χ0n) is 6.82. The molecule has 1 aromatic rings. The Morgan fingerprint density at radius 2 is 2.33 bits per heavy atom. The molecule has 0 atom stereocenters. The number of nitrogens with zero attached hydrogens (tertiary/aromatic N) is 1. The second-order valence-electron chi connectivity index (χ2n) is 2.43. The van der Waals surface area contributed by atoms with Crippen LogP contribution in [0.5, 0.6) is 0 Å². The van der Waals surface area contributed by atoms with Gasteiger partial charge < -0.3 is 5.73 Å². The van der Waals surface area contributed by atoms with E-state index < -0.39 is 0 Å². The Hall–Kier alpha value is -1.64. The van der Waals surface area contributed by atoms with E-state index in [0.717, 1.165) is 0 Å². The van der Waals surface area contributed by atoms with E-state index in [1.54, 1.807) is 18.3 Å². The number of carbonyl (C=O) groups is 1. The van der Waals surface area contributed by atoms with Gasteiger partial charge in [0.2, 0.25) is 0 Å². The van der Waals surface area contributed by atoms with Crippen LogP contribution in [-0.2, 0) is 4.79 Å². The quantitative estimate of drug-likeness (QED) is 0.659. The highest BCUT2D eigenvalue weighted by atomic mass is 16.1. The molecular formula is C9H10N2O. The molecule has 1 heterocycles. The van der Waals surface area contributed by atoms with Gasteiger partial charge in [-0.15, -0.1) is 0 Å². The third kappa shape index (κ3) is 2.20. The molecule has 3 nitrogen and oxygen atoms in total. The van der Waals surface area contributed by atoms with Gasteiger partial charge in [0.05, 0.1) is 11.4 Å². The number of allylic oxidation sites excluding steroid dienone is 1. The lowest BCUT2D eigenvalue weighted by molar-refractivity contribution is -0.112. The Labute approximate surface area is 70.9 Å². The molecule has 62 valence electrons. The van der Waals surface area contributed by atoms with Crippen molar-refractivity contribution in [1.29, 1.82) is 0 Å². The van der Waals surface area contributed by atoms with Gasteiger partial charge in [0, 0.05) is 12.3 Å². The molecule has 0 unspecified atom stereocenters. The molecule has 0 aliphatic carbocycles. The van der Waals surface area contributed by atoms with Crippen molar-refractivity contribution in [3.63, 3.8) is 0 Å². The standard InChI is InChI=1S/C9H10N2O/c1-7(12)6-8(10)9-4-2-3-5-11-9/h2-6H,10H2,1H3. The summed E-state index contributed by atoms with van der Waals surface area (Å²) in [4.78, 5) is 14.6. The minimum Gasteiger partial charge on any atom is -0.397 e. The summed E-state index contributed by atoms with van der Waals surface area (Å²) in [5.74, 6) is -0.0712. The summed E-state index contributed by atoms with van der Waals surface area (Å²) < 4.78 is 0. The summed E-state index contributed by atoms with van der Waals surface area (Å²) >= 11 is 0. The summed E-state index contributed by atoms with van der Waals surface area (Å²) in [5, 5.41) is 0. The molecule has 1 aromatic heterocycles. The van der Waals surface area contributed by atoms with Gasteiger partial charge in [0.1, 0.15) is 0 Å². The molecule has 0 amide bonds. The number of hydrogen-bond donors (Lipinski definition) is 1. The molecule has 2 N–H and O–H groups in total. The number of pyridine rings is 1. The largest absolute Gasteiger partial charge is 0.397 e. The first-order valence-corrected chi connectivity index (χ1v) is 3.59.